The van der Waals surface area contributed by atoms with Gasteiger partial charge in [0.25, 0.3) is 0 Å². The Morgan fingerprint density at radius 2 is 2.00 bits per heavy atom. The highest BCUT2D eigenvalue weighted by Gasteiger charge is 2.34. The normalized spacial score (nSPS) is 22.8. The van der Waals surface area contributed by atoms with E-state index in [1.807, 2.05) is 0 Å². The summed E-state index contributed by atoms with van der Waals surface area (Å²) in [5.41, 5.74) is 0.132. The molecule has 3 rings (SSSR count). The van der Waals surface area contributed by atoms with Crippen molar-refractivity contribution in [1.82, 2.24) is 5.32 Å². The quantitative estimate of drug-likeness (QED) is 0.917. The van der Waals surface area contributed by atoms with E-state index in [9.17, 15) is 13.2 Å². The molecule has 0 amide bonds. The first kappa shape index (κ1) is 12.7. The topological polar surface area (TPSA) is 30.5 Å². The molecule has 0 spiro atoms. The standard InChI is InChI=1S/C13H14F3NO2/c14-13(15,16)9-1-2-10-11(7-19-12(10)3-9)17-4-8-5-18-6-8/h1-3,8,11,17H,4-7H2. The van der Waals surface area contributed by atoms with Gasteiger partial charge in [-0.25, -0.2) is 0 Å². The molecule has 1 N–H and O–H groups in total. The third kappa shape index (κ3) is 2.55. The van der Waals surface area contributed by atoms with Crippen LogP contribution in [0, 0.1) is 5.92 Å². The maximum Gasteiger partial charge on any atom is 0.416 e. The number of hydrogen-bond donors (Lipinski definition) is 1. The Balaban J connectivity index is 1.70. The summed E-state index contributed by atoms with van der Waals surface area (Å²) in [4.78, 5) is 0. The molecule has 0 bridgehead atoms. The Labute approximate surface area is 108 Å². The average molecular weight is 273 g/mol. The van der Waals surface area contributed by atoms with Gasteiger partial charge in [0.15, 0.2) is 0 Å². The van der Waals surface area contributed by atoms with Crippen molar-refractivity contribution in [3.63, 3.8) is 0 Å². The van der Waals surface area contributed by atoms with Crippen molar-refractivity contribution >= 4 is 0 Å². The lowest BCUT2D eigenvalue weighted by atomic mass is 10.0. The maximum atomic E-state index is 12.6. The summed E-state index contributed by atoms with van der Waals surface area (Å²) in [6, 6.07) is 3.65. The van der Waals surface area contributed by atoms with Crippen LogP contribution in [0.5, 0.6) is 5.75 Å². The molecular formula is C13H14F3NO2. The third-order valence-electron chi connectivity index (χ3n) is 3.48. The lowest BCUT2D eigenvalue weighted by Gasteiger charge is -2.27. The van der Waals surface area contributed by atoms with Gasteiger partial charge < -0.3 is 14.8 Å². The van der Waals surface area contributed by atoms with Crippen molar-refractivity contribution in [3.05, 3.63) is 29.3 Å². The van der Waals surface area contributed by atoms with Crippen molar-refractivity contribution < 1.29 is 22.6 Å². The zero-order chi connectivity index (χ0) is 13.5. The van der Waals surface area contributed by atoms with Crippen LogP contribution in [-0.4, -0.2) is 26.4 Å². The molecule has 1 fully saturated rings. The number of nitrogens with one attached hydrogen (secondary N) is 1. The summed E-state index contributed by atoms with van der Waals surface area (Å²) in [7, 11) is 0. The highest BCUT2D eigenvalue weighted by molar-refractivity contribution is 5.43. The van der Waals surface area contributed by atoms with E-state index in [1.54, 1.807) is 0 Å². The second-order valence-electron chi connectivity index (χ2n) is 4.93. The van der Waals surface area contributed by atoms with Crippen LogP contribution in [0.2, 0.25) is 0 Å². The minimum atomic E-state index is -4.33. The summed E-state index contributed by atoms with van der Waals surface area (Å²) >= 11 is 0. The highest BCUT2D eigenvalue weighted by Crippen LogP contribution is 2.38. The number of alkyl halides is 3. The van der Waals surface area contributed by atoms with Crippen LogP contribution in [0.4, 0.5) is 13.2 Å². The SMILES string of the molecule is FC(F)(F)c1ccc2c(c1)OCC2NCC1COC1. The predicted molar refractivity (Wildman–Crippen MR) is 62.0 cm³/mol. The number of fused-ring (bicyclic) bond motifs is 1. The molecule has 19 heavy (non-hydrogen) atoms. The van der Waals surface area contributed by atoms with Gasteiger partial charge in [0.1, 0.15) is 12.4 Å². The molecular weight excluding hydrogens is 259 g/mol. The van der Waals surface area contributed by atoms with E-state index < -0.39 is 11.7 Å². The molecule has 2 heterocycles. The van der Waals surface area contributed by atoms with Crippen LogP contribution in [0.15, 0.2) is 18.2 Å². The van der Waals surface area contributed by atoms with Gasteiger partial charge in [-0.15, -0.1) is 0 Å². The number of halogens is 3. The fourth-order valence-electron chi connectivity index (χ4n) is 2.27. The Morgan fingerprint density at radius 3 is 2.63 bits per heavy atom. The summed E-state index contributed by atoms with van der Waals surface area (Å²) < 4.78 is 48.1. The van der Waals surface area contributed by atoms with E-state index in [0.29, 0.717) is 18.3 Å². The molecule has 2 aliphatic rings. The van der Waals surface area contributed by atoms with E-state index in [-0.39, 0.29) is 6.04 Å². The zero-order valence-electron chi connectivity index (χ0n) is 10.2. The summed E-state index contributed by atoms with van der Waals surface area (Å²) in [5.74, 6) is 0.829. The first-order valence-corrected chi connectivity index (χ1v) is 6.19. The molecule has 0 radical (unpaired) electrons. The molecule has 2 aliphatic heterocycles. The smallest absolute Gasteiger partial charge is 0.416 e. The van der Waals surface area contributed by atoms with Crippen molar-refractivity contribution in [2.45, 2.75) is 12.2 Å². The number of ether oxygens (including phenoxy) is 2. The Bertz CT molecular complexity index is 471. The zero-order valence-corrected chi connectivity index (χ0v) is 10.2. The van der Waals surface area contributed by atoms with Crippen molar-refractivity contribution in [2.24, 2.45) is 5.92 Å². The molecule has 3 nitrogen and oxygen atoms in total. The van der Waals surface area contributed by atoms with Crippen LogP contribution in [-0.2, 0) is 10.9 Å². The summed E-state index contributed by atoms with van der Waals surface area (Å²) in [6.07, 6.45) is -4.33. The van der Waals surface area contributed by atoms with Crippen LogP contribution in [0.25, 0.3) is 0 Å². The van der Waals surface area contributed by atoms with Crippen LogP contribution in [0.1, 0.15) is 17.2 Å². The van der Waals surface area contributed by atoms with Gasteiger partial charge in [-0.2, -0.15) is 13.2 Å². The second kappa shape index (κ2) is 4.68. The van der Waals surface area contributed by atoms with E-state index in [2.05, 4.69) is 5.32 Å². The molecule has 1 atom stereocenters. The maximum absolute atomic E-state index is 12.6. The van der Waals surface area contributed by atoms with Crippen molar-refractivity contribution in [2.75, 3.05) is 26.4 Å². The summed E-state index contributed by atoms with van der Waals surface area (Å²) in [5, 5.41) is 3.31. The molecule has 0 aliphatic carbocycles. The van der Waals surface area contributed by atoms with E-state index in [0.717, 1.165) is 37.5 Å². The lowest BCUT2D eigenvalue weighted by molar-refractivity contribution is -0.137. The number of hydrogen-bond acceptors (Lipinski definition) is 3. The lowest BCUT2D eigenvalue weighted by Crippen LogP contribution is -2.38. The first-order valence-electron chi connectivity index (χ1n) is 6.19. The van der Waals surface area contributed by atoms with Gasteiger partial charge >= 0.3 is 6.18 Å². The predicted octanol–water partition coefficient (Wildman–Crippen LogP) is 2.37. The average Bonchev–Trinajstić information content (AvgIpc) is 2.68. The number of rotatable bonds is 3. The van der Waals surface area contributed by atoms with Crippen LogP contribution in [0.3, 0.4) is 0 Å². The minimum Gasteiger partial charge on any atom is -0.491 e. The van der Waals surface area contributed by atoms with Crippen molar-refractivity contribution in [3.8, 4) is 5.75 Å². The number of benzene rings is 1. The molecule has 1 aromatic carbocycles. The molecule has 0 aromatic heterocycles. The minimum absolute atomic E-state index is 0.0297. The van der Waals surface area contributed by atoms with Crippen LogP contribution >= 0.6 is 0 Å². The summed E-state index contributed by atoms with van der Waals surface area (Å²) in [6.45, 7) is 2.68. The monoisotopic (exact) mass is 273 g/mol. The van der Waals surface area contributed by atoms with Gasteiger partial charge in [0.05, 0.1) is 24.8 Å². The van der Waals surface area contributed by atoms with E-state index in [4.69, 9.17) is 9.47 Å². The largest absolute Gasteiger partial charge is 0.491 e. The van der Waals surface area contributed by atoms with Gasteiger partial charge in [-0.05, 0) is 12.1 Å². The van der Waals surface area contributed by atoms with E-state index >= 15 is 0 Å². The Kier molecular flexibility index (Phi) is 3.14. The molecule has 104 valence electrons. The molecule has 6 heteroatoms. The molecule has 1 aromatic rings. The Morgan fingerprint density at radius 1 is 1.21 bits per heavy atom. The molecule has 1 unspecified atom stereocenters. The van der Waals surface area contributed by atoms with Gasteiger partial charge in [0, 0.05) is 18.0 Å². The Hall–Kier alpha value is -1.27. The van der Waals surface area contributed by atoms with Gasteiger partial charge in [-0.3, -0.25) is 0 Å². The molecule has 0 saturated carbocycles. The first-order chi connectivity index (χ1) is 9.04. The fraction of sp³-hybridized carbons (Fsp3) is 0.538. The highest BCUT2D eigenvalue weighted by atomic mass is 19.4. The van der Waals surface area contributed by atoms with Crippen molar-refractivity contribution in [1.29, 1.82) is 0 Å². The fourth-order valence-corrected chi connectivity index (χ4v) is 2.27. The molecule has 1 saturated heterocycles. The third-order valence-corrected chi connectivity index (χ3v) is 3.48. The van der Waals surface area contributed by atoms with Crippen LogP contribution < -0.4 is 10.1 Å². The second-order valence-corrected chi connectivity index (χ2v) is 4.93. The van der Waals surface area contributed by atoms with Gasteiger partial charge in [-0.1, -0.05) is 6.07 Å². The van der Waals surface area contributed by atoms with E-state index in [1.165, 1.54) is 6.07 Å². The van der Waals surface area contributed by atoms with Gasteiger partial charge in [0.2, 0.25) is 0 Å².